The van der Waals surface area contributed by atoms with E-state index in [1.807, 2.05) is 6.07 Å². The van der Waals surface area contributed by atoms with E-state index < -0.39 is 0 Å². The molecule has 1 aliphatic rings. The third kappa shape index (κ3) is 3.80. The van der Waals surface area contributed by atoms with Crippen LogP contribution in [-0.4, -0.2) is 31.3 Å². The molecular formula is C14H22N2O. The molecule has 94 valence electrons. The molecule has 1 fully saturated rings. The van der Waals surface area contributed by atoms with Crippen molar-refractivity contribution in [2.24, 2.45) is 5.73 Å². The molecule has 1 aliphatic heterocycles. The molecule has 3 N–H and O–H groups in total. The van der Waals surface area contributed by atoms with Gasteiger partial charge >= 0.3 is 0 Å². The fraction of sp³-hybridized carbons (Fsp3) is 0.571. The second-order valence-corrected chi connectivity index (χ2v) is 5.19. The molecule has 0 aliphatic carbocycles. The lowest BCUT2D eigenvalue weighted by Gasteiger charge is -2.25. The van der Waals surface area contributed by atoms with E-state index in [1.54, 1.807) is 0 Å². The van der Waals surface area contributed by atoms with E-state index in [4.69, 9.17) is 10.5 Å². The summed E-state index contributed by atoms with van der Waals surface area (Å²) in [7, 11) is 0. The zero-order chi connectivity index (χ0) is 12.1. The zero-order valence-electron chi connectivity index (χ0n) is 10.5. The van der Waals surface area contributed by atoms with E-state index in [1.165, 1.54) is 5.56 Å². The molecule has 0 amide bonds. The minimum atomic E-state index is 0.119. The van der Waals surface area contributed by atoms with Gasteiger partial charge in [0.05, 0.1) is 6.61 Å². The van der Waals surface area contributed by atoms with Gasteiger partial charge in [-0.05, 0) is 25.3 Å². The van der Waals surface area contributed by atoms with Gasteiger partial charge in [-0.15, -0.1) is 0 Å². The quantitative estimate of drug-likeness (QED) is 0.808. The molecular weight excluding hydrogens is 212 g/mol. The second-order valence-electron chi connectivity index (χ2n) is 5.19. The van der Waals surface area contributed by atoms with Crippen molar-refractivity contribution in [2.45, 2.75) is 31.3 Å². The van der Waals surface area contributed by atoms with Crippen molar-refractivity contribution in [2.75, 3.05) is 19.8 Å². The maximum atomic E-state index is 6.14. The highest BCUT2D eigenvalue weighted by molar-refractivity contribution is 5.15. The van der Waals surface area contributed by atoms with Crippen LogP contribution in [0.3, 0.4) is 0 Å². The number of ether oxygens (including phenoxy) is 1. The van der Waals surface area contributed by atoms with E-state index in [0.717, 1.165) is 32.6 Å². The van der Waals surface area contributed by atoms with Crippen molar-refractivity contribution in [3.8, 4) is 0 Å². The normalized spacial score (nSPS) is 26.0. The summed E-state index contributed by atoms with van der Waals surface area (Å²) in [6.45, 7) is 4.70. The molecule has 2 rings (SSSR count). The average molecular weight is 234 g/mol. The van der Waals surface area contributed by atoms with Gasteiger partial charge in [0.1, 0.15) is 0 Å². The van der Waals surface area contributed by atoms with Gasteiger partial charge in [-0.3, -0.25) is 0 Å². The maximum Gasteiger partial charge on any atom is 0.0646 e. The molecule has 0 radical (unpaired) electrons. The summed E-state index contributed by atoms with van der Waals surface area (Å²) in [5.74, 6) is 0. The topological polar surface area (TPSA) is 47.3 Å². The Labute approximate surface area is 103 Å². The van der Waals surface area contributed by atoms with Crippen molar-refractivity contribution in [1.29, 1.82) is 0 Å². The Morgan fingerprint density at radius 1 is 1.41 bits per heavy atom. The summed E-state index contributed by atoms with van der Waals surface area (Å²) >= 11 is 0. The predicted octanol–water partition coefficient (Wildman–Crippen LogP) is 1.32. The molecule has 0 saturated carbocycles. The smallest absolute Gasteiger partial charge is 0.0646 e. The van der Waals surface area contributed by atoms with Crippen LogP contribution in [0.1, 0.15) is 18.9 Å². The van der Waals surface area contributed by atoms with E-state index in [2.05, 4.69) is 36.5 Å². The Morgan fingerprint density at radius 2 is 2.18 bits per heavy atom. The molecule has 0 bridgehead atoms. The van der Waals surface area contributed by atoms with E-state index in [9.17, 15) is 0 Å². The van der Waals surface area contributed by atoms with Crippen LogP contribution in [0, 0.1) is 0 Å². The lowest BCUT2D eigenvalue weighted by atomic mass is 10.0. The number of rotatable bonds is 5. The molecule has 1 heterocycles. The highest BCUT2D eigenvalue weighted by Gasteiger charge is 2.29. The predicted molar refractivity (Wildman–Crippen MR) is 70.0 cm³/mol. The van der Waals surface area contributed by atoms with Gasteiger partial charge in [0.15, 0.2) is 0 Å². The third-order valence-corrected chi connectivity index (χ3v) is 3.35. The van der Waals surface area contributed by atoms with Crippen LogP contribution in [0.15, 0.2) is 30.3 Å². The van der Waals surface area contributed by atoms with Crippen molar-refractivity contribution >= 4 is 0 Å². The van der Waals surface area contributed by atoms with Gasteiger partial charge in [0.25, 0.3) is 0 Å². The monoisotopic (exact) mass is 234 g/mol. The first-order valence-electron chi connectivity index (χ1n) is 6.30. The first kappa shape index (κ1) is 12.6. The number of nitrogens with one attached hydrogen (secondary N) is 1. The average Bonchev–Trinajstić information content (AvgIpc) is 2.76. The highest BCUT2D eigenvalue weighted by atomic mass is 16.5. The lowest BCUT2D eigenvalue weighted by Crippen LogP contribution is -2.48. The fourth-order valence-corrected chi connectivity index (χ4v) is 2.17. The van der Waals surface area contributed by atoms with Crippen molar-refractivity contribution in [1.82, 2.24) is 5.32 Å². The summed E-state index contributed by atoms with van der Waals surface area (Å²) in [6, 6.07) is 10.6. The van der Waals surface area contributed by atoms with Gasteiger partial charge in [0.2, 0.25) is 0 Å². The van der Waals surface area contributed by atoms with E-state index in [-0.39, 0.29) is 11.6 Å². The number of hydrogen-bond acceptors (Lipinski definition) is 3. The van der Waals surface area contributed by atoms with Crippen LogP contribution < -0.4 is 11.1 Å². The standard InChI is InChI=1S/C14H22N2O/c1-14(7-8-17-11-14)16-10-13(15)9-12-5-3-2-4-6-12/h2-6,13,16H,7-11,15H2,1H3. The van der Waals surface area contributed by atoms with Gasteiger partial charge in [-0.2, -0.15) is 0 Å². The zero-order valence-corrected chi connectivity index (χ0v) is 10.5. The molecule has 17 heavy (non-hydrogen) atoms. The molecule has 0 aromatic heterocycles. The fourth-order valence-electron chi connectivity index (χ4n) is 2.17. The molecule has 2 unspecified atom stereocenters. The van der Waals surface area contributed by atoms with Crippen LogP contribution in [0.4, 0.5) is 0 Å². The number of benzene rings is 1. The summed E-state index contributed by atoms with van der Waals surface area (Å²) in [4.78, 5) is 0. The van der Waals surface area contributed by atoms with Crippen molar-refractivity contribution in [3.05, 3.63) is 35.9 Å². The first-order chi connectivity index (χ1) is 8.18. The van der Waals surface area contributed by atoms with Gasteiger partial charge in [0, 0.05) is 24.7 Å². The Balaban J connectivity index is 1.76. The van der Waals surface area contributed by atoms with Gasteiger partial charge in [-0.25, -0.2) is 0 Å². The van der Waals surface area contributed by atoms with Crippen LogP contribution in [-0.2, 0) is 11.2 Å². The minimum Gasteiger partial charge on any atom is -0.379 e. The summed E-state index contributed by atoms with van der Waals surface area (Å²) in [6.07, 6.45) is 2.00. The largest absolute Gasteiger partial charge is 0.379 e. The maximum absolute atomic E-state index is 6.14. The number of hydrogen-bond donors (Lipinski definition) is 2. The Morgan fingerprint density at radius 3 is 2.82 bits per heavy atom. The first-order valence-corrected chi connectivity index (χ1v) is 6.30. The molecule has 0 spiro atoms. The highest BCUT2D eigenvalue weighted by Crippen LogP contribution is 2.17. The Hall–Kier alpha value is -0.900. The molecule has 2 atom stereocenters. The third-order valence-electron chi connectivity index (χ3n) is 3.35. The van der Waals surface area contributed by atoms with Crippen LogP contribution in [0.2, 0.25) is 0 Å². The molecule has 3 nitrogen and oxygen atoms in total. The van der Waals surface area contributed by atoms with E-state index >= 15 is 0 Å². The van der Waals surface area contributed by atoms with Crippen LogP contribution in [0.25, 0.3) is 0 Å². The second kappa shape index (κ2) is 5.63. The summed E-state index contributed by atoms with van der Waals surface area (Å²) < 4.78 is 5.41. The molecule has 3 heteroatoms. The van der Waals surface area contributed by atoms with Gasteiger partial charge < -0.3 is 15.8 Å². The Kier molecular flexibility index (Phi) is 4.15. The van der Waals surface area contributed by atoms with Crippen molar-refractivity contribution < 1.29 is 4.74 Å². The molecule has 1 aromatic carbocycles. The SMILES string of the molecule is CC1(NCC(N)Cc2ccccc2)CCOC1. The lowest BCUT2D eigenvalue weighted by molar-refractivity contribution is 0.171. The minimum absolute atomic E-state index is 0.119. The molecule has 1 aromatic rings. The van der Waals surface area contributed by atoms with Crippen LogP contribution >= 0.6 is 0 Å². The van der Waals surface area contributed by atoms with Crippen LogP contribution in [0.5, 0.6) is 0 Å². The number of nitrogens with two attached hydrogens (primary N) is 1. The Bertz CT molecular complexity index is 333. The molecule has 1 saturated heterocycles. The van der Waals surface area contributed by atoms with Crippen molar-refractivity contribution in [3.63, 3.8) is 0 Å². The van der Waals surface area contributed by atoms with Gasteiger partial charge in [-0.1, -0.05) is 30.3 Å². The van der Waals surface area contributed by atoms with E-state index in [0.29, 0.717) is 0 Å². The summed E-state index contributed by atoms with van der Waals surface area (Å²) in [5, 5.41) is 3.53. The summed E-state index contributed by atoms with van der Waals surface area (Å²) in [5.41, 5.74) is 7.56.